The van der Waals surface area contributed by atoms with E-state index in [1.807, 2.05) is 0 Å². The van der Waals surface area contributed by atoms with Gasteiger partial charge in [0.15, 0.2) is 0 Å². The summed E-state index contributed by atoms with van der Waals surface area (Å²) in [5.74, 6) is 5.43. The lowest BCUT2D eigenvalue weighted by molar-refractivity contribution is 0.473. The van der Waals surface area contributed by atoms with Crippen molar-refractivity contribution in [2.45, 2.75) is 0 Å². The standard InChI is InChI=1S/C9H7N3O/c10-12-11-7-3-5-8-4-1-2-6-9(8)13/h1-2,4,6,13H,7H2. The Bertz CT molecular complexity index is 397. The Balaban J connectivity index is 2.77. The molecular weight excluding hydrogens is 166 g/mol. The van der Waals surface area contributed by atoms with Gasteiger partial charge in [0.05, 0.1) is 12.1 Å². The van der Waals surface area contributed by atoms with Crippen molar-refractivity contribution in [1.82, 2.24) is 0 Å². The fraction of sp³-hybridized carbons (Fsp3) is 0.111. The highest BCUT2D eigenvalue weighted by atomic mass is 16.3. The van der Waals surface area contributed by atoms with Crippen LogP contribution in [-0.4, -0.2) is 11.7 Å². The smallest absolute Gasteiger partial charge is 0.131 e. The summed E-state index contributed by atoms with van der Waals surface area (Å²) in [6.45, 7) is 0.116. The second-order valence-electron chi connectivity index (χ2n) is 2.21. The van der Waals surface area contributed by atoms with E-state index in [4.69, 9.17) is 5.53 Å². The molecule has 1 aromatic carbocycles. The second kappa shape index (κ2) is 4.70. The molecule has 0 aliphatic heterocycles. The number of rotatable bonds is 1. The van der Waals surface area contributed by atoms with Gasteiger partial charge in [0, 0.05) is 4.91 Å². The van der Waals surface area contributed by atoms with Crippen LogP contribution < -0.4 is 0 Å². The summed E-state index contributed by atoms with van der Waals surface area (Å²) in [4.78, 5) is 2.55. The van der Waals surface area contributed by atoms with Gasteiger partial charge in [-0.25, -0.2) is 0 Å². The molecule has 0 aromatic heterocycles. The fourth-order valence-corrected chi connectivity index (χ4v) is 0.781. The first-order valence-electron chi connectivity index (χ1n) is 3.62. The van der Waals surface area contributed by atoms with Crippen molar-refractivity contribution in [3.05, 3.63) is 40.3 Å². The first-order chi connectivity index (χ1) is 6.34. The van der Waals surface area contributed by atoms with Crippen LogP contribution in [0.25, 0.3) is 10.4 Å². The van der Waals surface area contributed by atoms with Crippen LogP contribution in [0.3, 0.4) is 0 Å². The molecule has 0 saturated heterocycles. The maximum absolute atomic E-state index is 9.26. The number of nitrogens with zero attached hydrogens (tertiary/aromatic N) is 3. The normalized spacial score (nSPS) is 8.00. The first kappa shape index (κ1) is 8.98. The summed E-state index contributed by atoms with van der Waals surface area (Å²) in [5.41, 5.74) is 8.50. The van der Waals surface area contributed by atoms with Crippen LogP contribution in [0.1, 0.15) is 5.56 Å². The topological polar surface area (TPSA) is 69.0 Å². The van der Waals surface area contributed by atoms with Crippen LogP contribution in [0.2, 0.25) is 0 Å². The number of azide groups is 1. The quantitative estimate of drug-likeness (QED) is 0.300. The molecule has 1 rings (SSSR count). The molecule has 64 valence electrons. The van der Waals surface area contributed by atoms with Gasteiger partial charge < -0.3 is 5.11 Å². The number of phenols is 1. The maximum atomic E-state index is 9.26. The van der Waals surface area contributed by atoms with E-state index >= 15 is 0 Å². The molecule has 0 bridgehead atoms. The van der Waals surface area contributed by atoms with Crippen molar-refractivity contribution in [1.29, 1.82) is 0 Å². The average molecular weight is 173 g/mol. The van der Waals surface area contributed by atoms with Crippen LogP contribution >= 0.6 is 0 Å². The van der Waals surface area contributed by atoms with Gasteiger partial charge >= 0.3 is 0 Å². The van der Waals surface area contributed by atoms with E-state index in [2.05, 4.69) is 21.9 Å². The Kier molecular flexibility index (Phi) is 3.25. The number of aromatic hydroxyl groups is 1. The van der Waals surface area contributed by atoms with Gasteiger partial charge in [0.1, 0.15) is 5.75 Å². The van der Waals surface area contributed by atoms with Crippen LogP contribution in [0.5, 0.6) is 5.75 Å². The van der Waals surface area contributed by atoms with Gasteiger partial charge in [0.25, 0.3) is 0 Å². The Morgan fingerprint density at radius 3 is 2.92 bits per heavy atom. The monoisotopic (exact) mass is 173 g/mol. The Morgan fingerprint density at radius 1 is 1.46 bits per heavy atom. The summed E-state index contributed by atoms with van der Waals surface area (Å²) in [7, 11) is 0. The van der Waals surface area contributed by atoms with Crippen LogP contribution in [0, 0.1) is 11.8 Å². The zero-order valence-corrected chi connectivity index (χ0v) is 6.81. The van der Waals surface area contributed by atoms with Gasteiger partial charge in [-0.3, -0.25) is 0 Å². The van der Waals surface area contributed by atoms with E-state index in [1.165, 1.54) is 0 Å². The molecule has 13 heavy (non-hydrogen) atoms. The van der Waals surface area contributed by atoms with Gasteiger partial charge in [-0.2, -0.15) is 0 Å². The third kappa shape index (κ3) is 2.78. The molecule has 0 amide bonds. The summed E-state index contributed by atoms with van der Waals surface area (Å²) in [6.07, 6.45) is 0. The lowest BCUT2D eigenvalue weighted by Gasteiger charge is -1.92. The molecule has 0 spiro atoms. The number of benzene rings is 1. The average Bonchev–Trinajstić information content (AvgIpc) is 2.15. The maximum Gasteiger partial charge on any atom is 0.131 e. The molecule has 0 aliphatic rings. The number of para-hydroxylation sites is 1. The van der Waals surface area contributed by atoms with Crippen molar-refractivity contribution >= 4 is 0 Å². The van der Waals surface area contributed by atoms with Crippen LogP contribution in [0.15, 0.2) is 29.4 Å². The van der Waals surface area contributed by atoms with Gasteiger partial charge in [-0.15, -0.1) is 0 Å². The van der Waals surface area contributed by atoms with Gasteiger partial charge in [-0.1, -0.05) is 29.1 Å². The van der Waals surface area contributed by atoms with E-state index in [0.29, 0.717) is 5.56 Å². The fourth-order valence-electron chi connectivity index (χ4n) is 0.781. The largest absolute Gasteiger partial charge is 0.507 e. The van der Waals surface area contributed by atoms with E-state index < -0.39 is 0 Å². The lowest BCUT2D eigenvalue weighted by Crippen LogP contribution is -1.75. The minimum atomic E-state index is 0.116. The summed E-state index contributed by atoms with van der Waals surface area (Å²) in [6, 6.07) is 6.74. The van der Waals surface area contributed by atoms with E-state index in [0.717, 1.165) is 0 Å². The highest BCUT2D eigenvalue weighted by molar-refractivity contribution is 5.44. The summed E-state index contributed by atoms with van der Waals surface area (Å²) < 4.78 is 0. The number of hydrogen-bond acceptors (Lipinski definition) is 2. The highest BCUT2D eigenvalue weighted by Gasteiger charge is 1.91. The molecule has 0 saturated carbocycles. The lowest BCUT2D eigenvalue weighted by atomic mass is 10.2. The third-order valence-corrected chi connectivity index (χ3v) is 1.34. The zero-order valence-electron chi connectivity index (χ0n) is 6.81. The number of hydrogen-bond donors (Lipinski definition) is 1. The summed E-state index contributed by atoms with van der Waals surface area (Å²) in [5, 5.41) is 12.5. The third-order valence-electron chi connectivity index (χ3n) is 1.34. The highest BCUT2D eigenvalue weighted by Crippen LogP contribution is 2.13. The molecule has 0 aliphatic carbocycles. The van der Waals surface area contributed by atoms with Crippen LogP contribution in [0.4, 0.5) is 0 Å². The molecule has 0 unspecified atom stereocenters. The van der Waals surface area contributed by atoms with Crippen molar-refractivity contribution in [3.63, 3.8) is 0 Å². The van der Waals surface area contributed by atoms with Crippen molar-refractivity contribution in [3.8, 4) is 17.6 Å². The first-order valence-corrected chi connectivity index (χ1v) is 3.62. The molecule has 0 atom stereocenters. The Labute approximate surface area is 75.5 Å². The van der Waals surface area contributed by atoms with Gasteiger partial charge in [0.2, 0.25) is 0 Å². The predicted molar refractivity (Wildman–Crippen MR) is 49.0 cm³/mol. The summed E-state index contributed by atoms with van der Waals surface area (Å²) >= 11 is 0. The van der Waals surface area contributed by atoms with Crippen molar-refractivity contribution < 1.29 is 5.11 Å². The zero-order chi connectivity index (χ0) is 9.52. The van der Waals surface area contributed by atoms with Crippen molar-refractivity contribution in [2.75, 3.05) is 6.54 Å². The predicted octanol–water partition coefficient (Wildman–Crippen LogP) is 2.05. The Hall–Kier alpha value is -2.11. The Morgan fingerprint density at radius 2 is 2.23 bits per heavy atom. The SMILES string of the molecule is [N-]=[N+]=NCC#Cc1ccccc1O. The van der Waals surface area contributed by atoms with E-state index in [1.54, 1.807) is 24.3 Å². The molecule has 1 N–H and O–H groups in total. The molecule has 0 radical (unpaired) electrons. The minimum absolute atomic E-state index is 0.116. The minimum Gasteiger partial charge on any atom is -0.507 e. The van der Waals surface area contributed by atoms with E-state index in [9.17, 15) is 5.11 Å². The second-order valence-corrected chi connectivity index (χ2v) is 2.21. The molecule has 4 nitrogen and oxygen atoms in total. The molecule has 0 heterocycles. The molecular formula is C9H7N3O. The molecule has 4 heteroatoms. The van der Waals surface area contributed by atoms with Crippen LogP contribution in [-0.2, 0) is 0 Å². The van der Waals surface area contributed by atoms with Crippen molar-refractivity contribution in [2.24, 2.45) is 5.11 Å². The van der Waals surface area contributed by atoms with E-state index in [-0.39, 0.29) is 12.3 Å². The molecule has 1 aromatic rings. The molecule has 0 fully saturated rings. The van der Waals surface area contributed by atoms with Gasteiger partial charge in [-0.05, 0) is 17.7 Å². The number of phenolic OH excluding ortho intramolecular Hbond substituents is 1.